The number of fused-ring (bicyclic) bond motifs is 9. The Bertz CT molecular complexity index is 3230. The van der Waals surface area contributed by atoms with Crippen molar-refractivity contribution in [3.63, 3.8) is 0 Å². The Balaban J connectivity index is 1.17. The van der Waals surface area contributed by atoms with Gasteiger partial charge in [0.2, 0.25) is 0 Å². The normalized spacial score (nSPS) is 11.7. The first-order valence-corrected chi connectivity index (χ1v) is 18.6. The molecule has 0 fully saturated rings. The average Bonchev–Trinajstić information content (AvgIpc) is 3.59. The molecule has 1 aromatic heterocycles. The van der Waals surface area contributed by atoms with Crippen LogP contribution >= 0.6 is 0 Å². The van der Waals surface area contributed by atoms with E-state index in [9.17, 15) is 0 Å². The van der Waals surface area contributed by atoms with Gasteiger partial charge in [-0.1, -0.05) is 146 Å². The lowest BCUT2D eigenvalue weighted by atomic mass is 9.94. The van der Waals surface area contributed by atoms with E-state index in [-0.39, 0.29) is 0 Å². The fourth-order valence-electron chi connectivity index (χ4n) is 8.62. The van der Waals surface area contributed by atoms with Gasteiger partial charge in [-0.15, -0.1) is 0 Å². The number of nitrogens with zero attached hydrogens (tertiary/aromatic N) is 2. The Kier molecular flexibility index (Phi) is 6.90. The van der Waals surface area contributed by atoms with Gasteiger partial charge in [-0.25, -0.2) is 0 Å². The molecule has 10 aromatic carbocycles. The van der Waals surface area contributed by atoms with Gasteiger partial charge in [-0.05, 0) is 109 Å². The van der Waals surface area contributed by atoms with Crippen molar-refractivity contribution in [3.8, 4) is 16.8 Å². The lowest BCUT2D eigenvalue weighted by molar-refractivity contribution is 1.19. The van der Waals surface area contributed by atoms with Gasteiger partial charge in [0.15, 0.2) is 0 Å². The van der Waals surface area contributed by atoms with E-state index < -0.39 is 0 Å². The quantitative estimate of drug-likeness (QED) is 0.164. The summed E-state index contributed by atoms with van der Waals surface area (Å²) in [4.78, 5) is 2.41. The number of anilines is 3. The standard InChI is InChI=1S/C52H34N2/c1-2-18-41(19-3-1)54-50-24-11-10-23-48(50)51-49(34-39-16-7-9-22-47(39)52(51)54)38-17-12-20-42(32-38)53(43-28-27-35-13-4-5-15-37(35)31-43)44-29-30-46-40(33-44)26-25-36-14-6-8-21-45(36)46/h1-34H. The highest BCUT2D eigenvalue weighted by molar-refractivity contribution is 6.24. The smallest absolute Gasteiger partial charge is 0.0625 e. The molecule has 0 aliphatic carbocycles. The number of hydrogen-bond donors (Lipinski definition) is 0. The molecule has 0 spiro atoms. The highest BCUT2D eigenvalue weighted by atomic mass is 15.1. The van der Waals surface area contributed by atoms with Crippen LogP contribution in [0.15, 0.2) is 206 Å². The van der Waals surface area contributed by atoms with E-state index >= 15 is 0 Å². The van der Waals surface area contributed by atoms with Gasteiger partial charge in [0, 0.05) is 38.9 Å². The third kappa shape index (κ3) is 4.81. The first-order valence-electron chi connectivity index (χ1n) is 18.6. The van der Waals surface area contributed by atoms with Crippen molar-refractivity contribution in [2.75, 3.05) is 4.90 Å². The van der Waals surface area contributed by atoms with Crippen molar-refractivity contribution in [1.29, 1.82) is 0 Å². The monoisotopic (exact) mass is 686 g/mol. The topological polar surface area (TPSA) is 8.17 Å². The van der Waals surface area contributed by atoms with Gasteiger partial charge < -0.3 is 9.47 Å². The van der Waals surface area contributed by atoms with Crippen LogP contribution in [0.25, 0.3) is 81.7 Å². The Labute approximate surface area is 313 Å². The minimum atomic E-state index is 1.11. The van der Waals surface area contributed by atoms with E-state index in [0.717, 1.165) is 22.7 Å². The van der Waals surface area contributed by atoms with Gasteiger partial charge in [0.25, 0.3) is 0 Å². The largest absolute Gasteiger partial charge is 0.310 e. The molecule has 0 radical (unpaired) electrons. The van der Waals surface area contributed by atoms with Crippen molar-refractivity contribution < 1.29 is 0 Å². The maximum absolute atomic E-state index is 2.44. The van der Waals surface area contributed by atoms with Crippen molar-refractivity contribution in [3.05, 3.63) is 206 Å². The molecule has 0 saturated heterocycles. The molecule has 0 amide bonds. The minimum absolute atomic E-state index is 1.11. The highest BCUT2D eigenvalue weighted by Gasteiger charge is 2.21. The lowest BCUT2D eigenvalue weighted by Gasteiger charge is -2.27. The predicted octanol–water partition coefficient (Wildman–Crippen LogP) is 14.5. The number of rotatable bonds is 5. The third-order valence-corrected chi connectivity index (χ3v) is 11.1. The predicted molar refractivity (Wildman–Crippen MR) is 231 cm³/mol. The Morgan fingerprint density at radius 1 is 0.333 bits per heavy atom. The third-order valence-electron chi connectivity index (χ3n) is 11.1. The first-order chi connectivity index (χ1) is 26.8. The summed E-state index contributed by atoms with van der Waals surface area (Å²) in [6.07, 6.45) is 0. The van der Waals surface area contributed by atoms with Crippen molar-refractivity contribution in [2.45, 2.75) is 0 Å². The molecule has 1 heterocycles. The van der Waals surface area contributed by atoms with E-state index in [2.05, 4.69) is 216 Å². The van der Waals surface area contributed by atoms with Gasteiger partial charge in [0.05, 0.1) is 11.0 Å². The summed E-state index contributed by atoms with van der Waals surface area (Å²) in [6.45, 7) is 0. The maximum atomic E-state index is 2.44. The summed E-state index contributed by atoms with van der Waals surface area (Å²) in [5, 5.41) is 12.4. The maximum Gasteiger partial charge on any atom is 0.0625 e. The van der Waals surface area contributed by atoms with Crippen LogP contribution in [0.3, 0.4) is 0 Å². The van der Waals surface area contributed by atoms with Crippen LogP contribution in [-0.2, 0) is 0 Å². The van der Waals surface area contributed by atoms with Gasteiger partial charge >= 0.3 is 0 Å². The molecule has 0 N–H and O–H groups in total. The SMILES string of the molecule is c1ccc(-n2c3ccccc3c3c(-c4cccc(N(c5ccc6ccccc6c5)c5ccc6c(ccc7ccccc76)c5)c4)cc4ccccc4c32)cc1. The van der Waals surface area contributed by atoms with E-state index in [4.69, 9.17) is 0 Å². The number of para-hydroxylation sites is 2. The number of hydrogen-bond acceptors (Lipinski definition) is 1. The van der Waals surface area contributed by atoms with Crippen molar-refractivity contribution >= 4 is 82.0 Å². The summed E-state index contributed by atoms with van der Waals surface area (Å²) < 4.78 is 2.44. The number of benzene rings is 10. The summed E-state index contributed by atoms with van der Waals surface area (Å²) >= 11 is 0. The van der Waals surface area contributed by atoms with Crippen LogP contribution in [0.1, 0.15) is 0 Å². The molecular weight excluding hydrogens is 653 g/mol. The van der Waals surface area contributed by atoms with E-state index in [1.54, 1.807) is 0 Å². The van der Waals surface area contributed by atoms with Crippen LogP contribution < -0.4 is 4.90 Å². The molecule has 252 valence electrons. The van der Waals surface area contributed by atoms with Gasteiger partial charge in [-0.3, -0.25) is 0 Å². The molecule has 0 bridgehead atoms. The second kappa shape index (κ2) is 12.2. The fourth-order valence-corrected chi connectivity index (χ4v) is 8.62. The zero-order valence-electron chi connectivity index (χ0n) is 29.5. The Morgan fingerprint density at radius 2 is 0.907 bits per heavy atom. The van der Waals surface area contributed by atoms with Gasteiger partial charge in [0.1, 0.15) is 0 Å². The molecule has 11 rings (SSSR count). The summed E-state index contributed by atoms with van der Waals surface area (Å²) in [5.41, 5.74) is 9.34. The highest BCUT2D eigenvalue weighted by Crippen LogP contribution is 2.45. The van der Waals surface area contributed by atoms with Crippen LogP contribution in [0, 0.1) is 0 Å². The van der Waals surface area contributed by atoms with Crippen molar-refractivity contribution in [2.24, 2.45) is 0 Å². The second-order valence-electron chi connectivity index (χ2n) is 14.2. The first kappa shape index (κ1) is 30.5. The Morgan fingerprint density at radius 3 is 1.76 bits per heavy atom. The van der Waals surface area contributed by atoms with Crippen LogP contribution in [0.2, 0.25) is 0 Å². The van der Waals surface area contributed by atoms with E-state index in [1.807, 2.05) is 0 Å². The zero-order valence-corrected chi connectivity index (χ0v) is 29.5. The lowest BCUT2D eigenvalue weighted by Crippen LogP contribution is -2.10. The molecular formula is C52H34N2. The zero-order chi connectivity index (χ0) is 35.6. The average molecular weight is 687 g/mol. The summed E-state index contributed by atoms with van der Waals surface area (Å²) in [6, 6.07) is 75.4. The molecule has 0 aliphatic heterocycles. The molecule has 2 heteroatoms. The molecule has 0 unspecified atom stereocenters. The van der Waals surface area contributed by atoms with E-state index in [1.165, 1.54) is 76.0 Å². The molecule has 54 heavy (non-hydrogen) atoms. The molecule has 0 atom stereocenters. The van der Waals surface area contributed by atoms with Crippen molar-refractivity contribution in [1.82, 2.24) is 4.57 Å². The fraction of sp³-hybridized carbons (Fsp3) is 0. The summed E-state index contributed by atoms with van der Waals surface area (Å²) in [7, 11) is 0. The van der Waals surface area contributed by atoms with Crippen LogP contribution in [0.4, 0.5) is 17.1 Å². The van der Waals surface area contributed by atoms with Crippen LogP contribution in [0.5, 0.6) is 0 Å². The molecule has 2 nitrogen and oxygen atoms in total. The minimum Gasteiger partial charge on any atom is -0.310 e. The Hall–Kier alpha value is -7.16. The van der Waals surface area contributed by atoms with E-state index in [0.29, 0.717) is 0 Å². The summed E-state index contributed by atoms with van der Waals surface area (Å²) in [5.74, 6) is 0. The van der Waals surface area contributed by atoms with Crippen LogP contribution in [-0.4, -0.2) is 4.57 Å². The molecule has 0 aliphatic rings. The van der Waals surface area contributed by atoms with Gasteiger partial charge in [-0.2, -0.15) is 0 Å². The number of aromatic nitrogens is 1. The second-order valence-corrected chi connectivity index (χ2v) is 14.2. The molecule has 11 aromatic rings. The molecule has 0 saturated carbocycles.